The lowest BCUT2D eigenvalue weighted by molar-refractivity contribution is -0.132. The second kappa shape index (κ2) is 8.72. The second-order valence-corrected chi connectivity index (χ2v) is 8.20. The molecular weight excluding hydrogens is 350 g/mol. The molecule has 1 amide bonds. The standard InChI is InChI=1S/C23H29N3O2/c27-21(19-8-2-1-3-9-19)11-12-22(28)25-14-5-10-20(17-25)23-24-13-15-26(23)16-18-6-4-7-18/h1-3,8-9,13,15,18,20H,4-7,10-12,14,16-17H2/t20-/m1/s1. The molecule has 1 saturated carbocycles. The van der Waals surface area contributed by atoms with E-state index in [1.165, 1.54) is 19.3 Å². The number of benzene rings is 1. The molecule has 1 aromatic carbocycles. The zero-order chi connectivity index (χ0) is 19.3. The molecule has 148 valence electrons. The van der Waals surface area contributed by atoms with Crippen molar-refractivity contribution in [1.82, 2.24) is 14.5 Å². The molecule has 2 fully saturated rings. The van der Waals surface area contributed by atoms with Gasteiger partial charge in [-0.2, -0.15) is 0 Å². The molecule has 2 aliphatic rings. The third kappa shape index (κ3) is 4.34. The number of amides is 1. The van der Waals surface area contributed by atoms with Crippen LogP contribution in [0.4, 0.5) is 0 Å². The average Bonchev–Trinajstić information content (AvgIpc) is 3.18. The summed E-state index contributed by atoms with van der Waals surface area (Å²) in [4.78, 5) is 31.6. The van der Waals surface area contributed by atoms with Crippen molar-refractivity contribution in [2.75, 3.05) is 13.1 Å². The lowest BCUT2D eigenvalue weighted by atomic mass is 9.85. The quantitative estimate of drug-likeness (QED) is 0.682. The van der Waals surface area contributed by atoms with Gasteiger partial charge in [-0.15, -0.1) is 0 Å². The van der Waals surface area contributed by atoms with Gasteiger partial charge in [-0.3, -0.25) is 9.59 Å². The van der Waals surface area contributed by atoms with Crippen molar-refractivity contribution in [2.24, 2.45) is 5.92 Å². The number of aromatic nitrogens is 2. The number of rotatable bonds is 7. The minimum absolute atomic E-state index is 0.0403. The molecule has 1 aliphatic carbocycles. The van der Waals surface area contributed by atoms with E-state index < -0.39 is 0 Å². The summed E-state index contributed by atoms with van der Waals surface area (Å²) in [6.45, 7) is 2.57. The van der Waals surface area contributed by atoms with Crippen LogP contribution in [0, 0.1) is 5.92 Å². The summed E-state index contributed by atoms with van der Waals surface area (Å²) in [6, 6.07) is 9.23. The minimum Gasteiger partial charge on any atom is -0.342 e. The van der Waals surface area contributed by atoms with Gasteiger partial charge < -0.3 is 9.47 Å². The number of imidazole rings is 1. The van der Waals surface area contributed by atoms with Crippen LogP contribution >= 0.6 is 0 Å². The predicted octanol–water partition coefficient (Wildman–Crippen LogP) is 4.05. The maximum atomic E-state index is 12.7. The lowest BCUT2D eigenvalue weighted by Crippen LogP contribution is -2.40. The number of nitrogens with zero attached hydrogens (tertiary/aromatic N) is 3. The Balaban J connectivity index is 1.33. The van der Waals surface area contributed by atoms with E-state index in [-0.39, 0.29) is 24.5 Å². The number of carbonyl (C=O) groups is 2. The van der Waals surface area contributed by atoms with Gasteiger partial charge in [-0.05, 0) is 31.6 Å². The van der Waals surface area contributed by atoms with E-state index in [0.717, 1.165) is 44.2 Å². The van der Waals surface area contributed by atoms with Crippen LogP contribution < -0.4 is 0 Å². The van der Waals surface area contributed by atoms with Crippen molar-refractivity contribution < 1.29 is 9.59 Å². The van der Waals surface area contributed by atoms with Crippen LogP contribution in [-0.4, -0.2) is 39.2 Å². The topological polar surface area (TPSA) is 55.2 Å². The van der Waals surface area contributed by atoms with Gasteiger partial charge in [0, 0.05) is 56.4 Å². The molecule has 0 bridgehead atoms. The van der Waals surface area contributed by atoms with Gasteiger partial charge in [-0.1, -0.05) is 36.8 Å². The highest BCUT2D eigenvalue weighted by atomic mass is 16.2. The molecular formula is C23H29N3O2. The Morgan fingerprint density at radius 2 is 1.86 bits per heavy atom. The number of Topliss-reactive ketones (excluding diaryl/α,β-unsaturated/α-hetero) is 1. The zero-order valence-electron chi connectivity index (χ0n) is 16.4. The van der Waals surface area contributed by atoms with Gasteiger partial charge in [0.1, 0.15) is 5.82 Å². The summed E-state index contributed by atoms with van der Waals surface area (Å²) < 4.78 is 2.31. The van der Waals surface area contributed by atoms with Crippen molar-refractivity contribution >= 4 is 11.7 Å². The van der Waals surface area contributed by atoms with Gasteiger partial charge in [0.15, 0.2) is 5.78 Å². The minimum atomic E-state index is 0.0403. The maximum Gasteiger partial charge on any atom is 0.223 e. The van der Waals surface area contributed by atoms with E-state index in [1.807, 2.05) is 41.4 Å². The van der Waals surface area contributed by atoms with Gasteiger partial charge >= 0.3 is 0 Å². The van der Waals surface area contributed by atoms with Crippen LogP contribution in [0.25, 0.3) is 0 Å². The summed E-state index contributed by atoms with van der Waals surface area (Å²) in [5.41, 5.74) is 0.685. The molecule has 1 atom stereocenters. The molecule has 4 rings (SSSR count). The van der Waals surface area contributed by atoms with Crippen molar-refractivity contribution in [2.45, 2.75) is 57.4 Å². The normalized spacial score (nSPS) is 20.0. The highest BCUT2D eigenvalue weighted by Gasteiger charge is 2.28. The summed E-state index contributed by atoms with van der Waals surface area (Å²) in [7, 11) is 0. The molecule has 2 heterocycles. The van der Waals surface area contributed by atoms with Crippen LogP contribution in [0.15, 0.2) is 42.7 Å². The predicted molar refractivity (Wildman–Crippen MR) is 108 cm³/mol. The largest absolute Gasteiger partial charge is 0.342 e. The molecule has 1 aromatic heterocycles. The Labute approximate surface area is 166 Å². The Bertz CT molecular complexity index is 810. The van der Waals surface area contributed by atoms with E-state index in [4.69, 9.17) is 0 Å². The number of hydrogen-bond acceptors (Lipinski definition) is 3. The van der Waals surface area contributed by atoms with Crippen LogP contribution in [-0.2, 0) is 11.3 Å². The van der Waals surface area contributed by atoms with E-state index in [1.54, 1.807) is 0 Å². The van der Waals surface area contributed by atoms with Crippen molar-refractivity contribution in [3.63, 3.8) is 0 Å². The van der Waals surface area contributed by atoms with Gasteiger partial charge in [0.05, 0.1) is 0 Å². The van der Waals surface area contributed by atoms with Crippen molar-refractivity contribution in [3.05, 3.63) is 54.1 Å². The lowest BCUT2D eigenvalue weighted by Gasteiger charge is -2.33. The van der Waals surface area contributed by atoms with Crippen molar-refractivity contribution in [1.29, 1.82) is 0 Å². The monoisotopic (exact) mass is 379 g/mol. The fraction of sp³-hybridized carbons (Fsp3) is 0.522. The number of hydrogen-bond donors (Lipinski definition) is 0. The third-order valence-electron chi connectivity index (χ3n) is 6.23. The molecule has 0 unspecified atom stereocenters. The first kappa shape index (κ1) is 18.9. The molecule has 1 aliphatic heterocycles. The zero-order valence-corrected chi connectivity index (χ0v) is 16.4. The van der Waals surface area contributed by atoms with E-state index in [2.05, 4.69) is 15.7 Å². The number of likely N-dealkylation sites (tertiary alicyclic amines) is 1. The van der Waals surface area contributed by atoms with Crippen LogP contribution in [0.3, 0.4) is 0 Å². The number of carbonyl (C=O) groups excluding carboxylic acids is 2. The Kier molecular flexibility index (Phi) is 5.89. The second-order valence-electron chi connectivity index (χ2n) is 8.20. The summed E-state index contributed by atoms with van der Waals surface area (Å²) >= 11 is 0. The van der Waals surface area contributed by atoms with Crippen molar-refractivity contribution in [3.8, 4) is 0 Å². The Morgan fingerprint density at radius 1 is 1.04 bits per heavy atom. The number of ketones is 1. The molecule has 5 nitrogen and oxygen atoms in total. The Hall–Kier alpha value is -2.43. The van der Waals surface area contributed by atoms with E-state index in [9.17, 15) is 9.59 Å². The van der Waals surface area contributed by atoms with Gasteiger partial charge in [0.2, 0.25) is 5.91 Å². The third-order valence-corrected chi connectivity index (χ3v) is 6.23. The molecule has 28 heavy (non-hydrogen) atoms. The molecule has 0 radical (unpaired) electrons. The highest BCUT2D eigenvalue weighted by Crippen LogP contribution is 2.31. The van der Waals surface area contributed by atoms with E-state index >= 15 is 0 Å². The molecule has 2 aromatic rings. The molecule has 1 saturated heterocycles. The fourth-order valence-electron chi connectivity index (χ4n) is 4.35. The average molecular weight is 380 g/mol. The highest BCUT2D eigenvalue weighted by molar-refractivity contribution is 5.97. The fourth-order valence-corrected chi connectivity index (χ4v) is 4.35. The SMILES string of the molecule is O=C(CCC(=O)N1CCC[C@@H](c2nccn2CC2CCC2)C1)c1ccccc1. The summed E-state index contributed by atoms with van der Waals surface area (Å²) in [6.07, 6.45) is 10.6. The van der Waals surface area contributed by atoms with Crippen LogP contribution in [0.1, 0.15) is 67.0 Å². The molecule has 0 spiro atoms. The Morgan fingerprint density at radius 3 is 2.61 bits per heavy atom. The first-order valence-corrected chi connectivity index (χ1v) is 10.6. The van der Waals surface area contributed by atoms with Gasteiger partial charge in [0.25, 0.3) is 0 Å². The van der Waals surface area contributed by atoms with Crippen LogP contribution in [0.5, 0.6) is 0 Å². The number of piperidine rings is 1. The summed E-state index contributed by atoms with van der Waals surface area (Å²) in [5.74, 6) is 2.35. The summed E-state index contributed by atoms with van der Waals surface area (Å²) in [5, 5.41) is 0. The van der Waals surface area contributed by atoms with E-state index in [0.29, 0.717) is 11.5 Å². The molecule has 0 N–H and O–H groups in total. The first-order chi connectivity index (χ1) is 13.7. The maximum absolute atomic E-state index is 12.7. The smallest absolute Gasteiger partial charge is 0.223 e. The first-order valence-electron chi connectivity index (χ1n) is 10.6. The van der Waals surface area contributed by atoms with Crippen LogP contribution in [0.2, 0.25) is 0 Å². The molecule has 5 heteroatoms. The van der Waals surface area contributed by atoms with Gasteiger partial charge in [-0.25, -0.2) is 4.98 Å².